The normalized spacial score (nSPS) is 23.4. The van der Waals surface area contributed by atoms with E-state index in [0.29, 0.717) is 24.0 Å². The van der Waals surface area contributed by atoms with Crippen LogP contribution in [0.5, 0.6) is 0 Å². The molecule has 0 saturated carbocycles. The topological polar surface area (TPSA) is 75.3 Å². The molecule has 0 aromatic carbocycles. The third kappa shape index (κ3) is 2.74. The van der Waals surface area contributed by atoms with Crippen LogP contribution in [0, 0.1) is 5.92 Å². The molecule has 1 saturated heterocycles. The first-order valence-corrected chi connectivity index (χ1v) is 8.67. The van der Waals surface area contributed by atoms with Crippen LogP contribution in [0.15, 0.2) is 9.95 Å². The molecule has 0 unspecified atom stereocenters. The van der Waals surface area contributed by atoms with Crippen molar-refractivity contribution in [2.24, 2.45) is 5.92 Å². The van der Waals surface area contributed by atoms with Crippen LogP contribution in [0.4, 0.5) is 4.79 Å². The molecule has 1 aromatic heterocycles. The molecule has 1 aromatic rings. The molecule has 2 bridgehead atoms. The second kappa shape index (κ2) is 5.30. The van der Waals surface area contributed by atoms with Crippen molar-refractivity contribution < 1.29 is 9.53 Å². The first kappa shape index (κ1) is 15.4. The van der Waals surface area contributed by atoms with Crippen LogP contribution in [0.2, 0.25) is 0 Å². The Morgan fingerprint density at radius 2 is 2.18 bits per heavy atom. The van der Waals surface area contributed by atoms with Crippen molar-refractivity contribution in [1.82, 2.24) is 14.9 Å². The standard InChI is InChI=1S/C15H21N3O3S/c1-15(2,3)21-14(20)18-7-8-5-9-11(10(18)6-8)16-13(22-4)17-12(9)19/h8,10H,5-7H2,1-4H3,(H,16,17,19)/t8-,10-/m1/s1. The average Bonchev–Trinajstić information content (AvgIpc) is 2.76. The molecule has 22 heavy (non-hydrogen) atoms. The number of H-pyrrole nitrogens is 1. The predicted molar refractivity (Wildman–Crippen MR) is 84.1 cm³/mol. The van der Waals surface area contributed by atoms with E-state index in [1.165, 1.54) is 11.8 Å². The number of thioether (sulfide) groups is 1. The Morgan fingerprint density at radius 3 is 2.82 bits per heavy atom. The molecule has 7 heteroatoms. The highest BCUT2D eigenvalue weighted by molar-refractivity contribution is 7.98. The summed E-state index contributed by atoms with van der Waals surface area (Å²) in [5.41, 5.74) is 0.871. The summed E-state index contributed by atoms with van der Waals surface area (Å²) in [5.74, 6) is 0.313. The van der Waals surface area contributed by atoms with Gasteiger partial charge in [0.2, 0.25) is 0 Å². The highest BCUT2D eigenvalue weighted by Gasteiger charge is 2.44. The first-order valence-electron chi connectivity index (χ1n) is 7.45. The van der Waals surface area contributed by atoms with Crippen LogP contribution < -0.4 is 5.56 Å². The van der Waals surface area contributed by atoms with Gasteiger partial charge >= 0.3 is 6.09 Å². The van der Waals surface area contributed by atoms with E-state index in [0.717, 1.165) is 17.7 Å². The number of nitrogens with one attached hydrogen (secondary N) is 1. The summed E-state index contributed by atoms with van der Waals surface area (Å²) in [7, 11) is 0. The van der Waals surface area contributed by atoms with Gasteiger partial charge in [0.1, 0.15) is 5.60 Å². The van der Waals surface area contributed by atoms with Crippen molar-refractivity contribution in [3.63, 3.8) is 0 Å². The summed E-state index contributed by atoms with van der Waals surface area (Å²) in [4.78, 5) is 33.8. The third-order valence-electron chi connectivity index (χ3n) is 4.04. The lowest BCUT2D eigenvalue weighted by Gasteiger charge is -2.28. The van der Waals surface area contributed by atoms with E-state index in [1.807, 2.05) is 27.0 Å². The van der Waals surface area contributed by atoms with Crippen molar-refractivity contribution in [2.45, 2.75) is 50.4 Å². The lowest BCUT2D eigenvalue weighted by Crippen LogP contribution is -2.37. The summed E-state index contributed by atoms with van der Waals surface area (Å²) in [6, 6.07) is -0.142. The third-order valence-corrected chi connectivity index (χ3v) is 4.62. The summed E-state index contributed by atoms with van der Waals surface area (Å²) < 4.78 is 5.50. The van der Waals surface area contributed by atoms with Gasteiger partial charge in [0.25, 0.3) is 5.56 Å². The lowest BCUT2D eigenvalue weighted by molar-refractivity contribution is 0.0219. The highest BCUT2D eigenvalue weighted by Crippen LogP contribution is 2.42. The minimum Gasteiger partial charge on any atom is -0.444 e. The molecule has 0 spiro atoms. The van der Waals surface area contributed by atoms with Crippen LogP contribution in [0.3, 0.4) is 0 Å². The highest BCUT2D eigenvalue weighted by atomic mass is 32.2. The van der Waals surface area contributed by atoms with Crippen LogP contribution in [-0.4, -0.2) is 39.4 Å². The second-order valence-electron chi connectivity index (χ2n) is 6.89. The van der Waals surface area contributed by atoms with Gasteiger partial charge < -0.3 is 9.72 Å². The number of ether oxygens (including phenoxy) is 1. The summed E-state index contributed by atoms with van der Waals surface area (Å²) in [5, 5.41) is 0.596. The molecule has 3 rings (SSSR count). The monoisotopic (exact) mass is 323 g/mol. The summed E-state index contributed by atoms with van der Waals surface area (Å²) in [6.07, 6.45) is 3.09. The Labute approximate surface area is 133 Å². The van der Waals surface area contributed by atoms with Gasteiger partial charge in [-0.05, 0) is 45.8 Å². The maximum absolute atomic E-state index is 12.4. The molecule has 1 N–H and O–H groups in total. The van der Waals surface area contributed by atoms with Gasteiger partial charge in [-0.2, -0.15) is 0 Å². The molecule has 2 atom stereocenters. The number of likely N-dealkylation sites (tertiary alicyclic amines) is 1. The number of hydrogen-bond donors (Lipinski definition) is 1. The first-order chi connectivity index (χ1) is 10.3. The van der Waals surface area contributed by atoms with Gasteiger partial charge in [0.05, 0.1) is 11.7 Å². The SMILES string of the molecule is CSc1nc2c(c(=O)[nH]1)C[C@@H]1C[C@H]2N(C(=O)OC(C)(C)C)C1. The van der Waals surface area contributed by atoms with E-state index < -0.39 is 5.60 Å². The molecule has 6 nitrogen and oxygen atoms in total. The smallest absolute Gasteiger partial charge is 0.410 e. The fourth-order valence-electron chi connectivity index (χ4n) is 3.20. The molecule has 1 aliphatic carbocycles. The van der Waals surface area contributed by atoms with Crippen molar-refractivity contribution in [2.75, 3.05) is 12.8 Å². The van der Waals surface area contributed by atoms with E-state index in [1.54, 1.807) is 4.90 Å². The molecule has 2 heterocycles. The zero-order valence-corrected chi connectivity index (χ0v) is 14.1. The maximum atomic E-state index is 12.4. The number of fused-ring (bicyclic) bond motifs is 4. The Morgan fingerprint density at radius 1 is 1.45 bits per heavy atom. The minimum atomic E-state index is -0.525. The quantitative estimate of drug-likeness (QED) is 0.634. The van der Waals surface area contributed by atoms with E-state index >= 15 is 0 Å². The number of nitrogens with zero attached hydrogens (tertiary/aromatic N) is 2. The number of amides is 1. The van der Waals surface area contributed by atoms with E-state index in [-0.39, 0.29) is 17.7 Å². The Hall–Kier alpha value is -1.50. The van der Waals surface area contributed by atoms with Gasteiger partial charge in [-0.3, -0.25) is 9.69 Å². The second-order valence-corrected chi connectivity index (χ2v) is 7.69. The number of aromatic nitrogens is 2. The fraction of sp³-hybridized carbons (Fsp3) is 0.667. The average molecular weight is 323 g/mol. The zero-order valence-electron chi connectivity index (χ0n) is 13.3. The Bertz CT molecular complexity index is 665. The molecule has 1 amide bonds. The molecule has 1 aliphatic heterocycles. The number of aromatic amines is 1. The molecule has 120 valence electrons. The van der Waals surface area contributed by atoms with Gasteiger partial charge in [-0.1, -0.05) is 11.8 Å². The van der Waals surface area contributed by atoms with E-state index in [9.17, 15) is 9.59 Å². The predicted octanol–water partition coefficient (Wildman–Crippen LogP) is 2.35. The molecule has 1 fully saturated rings. The minimum absolute atomic E-state index is 0.0740. The summed E-state index contributed by atoms with van der Waals surface area (Å²) >= 11 is 1.40. The van der Waals surface area contributed by atoms with E-state index in [2.05, 4.69) is 9.97 Å². The van der Waals surface area contributed by atoms with Crippen LogP contribution in [0.1, 0.15) is 44.5 Å². The Balaban J connectivity index is 1.95. The lowest BCUT2D eigenvalue weighted by atomic mass is 9.88. The summed E-state index contributed by atoms with van der Waals surface area (Å²) in [6.45, 7) is 6.20. The van der Waals surface area contributed by atoms with Gasteiger partial charge in [-0.15, -0.1) is 0 Å². The number of carbonyl (C=O) groups excluding carboxylic acids is 1. The molecule has 2 aliphatic rings. The molecular formula is C15H21N3O3S. The number of hydrogen-bond acceptors (Lipinski definition) is 5. The molecule has 0 radical (unpaired) electrons. The maximum Gasteiger partial charge on any atom is 0.410 e. The van der Waals surface area contributed by atoms with Gasteiger partial charge in [-0.25, -0.2) is 9.78 Å². The largest absolute Gasteiger partial charge is 0.444 e. The van der Waals surface area contributed by atoms with Crippen LogP contribution in [0.25, 0.3) is 0 Å². The fourth-order valence-corrected chi connectivity index (χ4v) is 3.59. The Kier molecular flexibility index (Phi) is 3.71. The van der Waals surface area contributed by atoms with Gasteiger partial charge in [0, 0.05) is 12.1 Å². The zero-order chi connectivity index (χ0) is 16.1. The van der Waals surface area contributed by atoms with Gasteiger partial charge in [0.15, 0.2) is 5.16 Å². The van der Waals surface area contributed by atoms with Crippen molar-refractivity contribution >= 4 is 17.9 Å². The molecular weight excluding hydrogens is 302 g/mol. The van der Waals surface area contributed by atoms with Crippen molar-refractivity contribution in [1.29, 1.82) is 0 Å². The van der Waals surface area contributed by atoms with Crippen molar-refractivity contribution in [3.8, 4) is 0 Å². The van der Waals surface area contributed by atoms with E-state index in [4.69, 9.17) is 4.74 Å². The number of carbonyl (C=O) groups is 1. The van der Waals surface area contributed by atoms with Crippen LogP contribution >= 0.6 is 11.8 Å². The van der Waals surface area contributed by atoms with Crippen molar-refractivity contribution in [3.05, 3.63) is 21.6 Å². The number of rotatable bonds is 1. The van der Waals surface area contributed by atoms with Crippen LogP contribution in [-0.2, 0) is 11.2 Å².